The predicted molar refractivity (Wildman–Crippen MR) is 144 cm³/mol. The Labute approximate surface area is 222 Å². The molecule has 1 N–H and O–H groups in total. The monoisotopic (exact) mass is 528 g/mol. The first-order valence-corrected chi connectivity index (χ1v) is 11.8. The Morgan fingerprint density at radius 1 is 0.868 bits per heavy atom. The highest BCUT2D eigenvalue weighted by Gasteiger charge is 2.16. The van der Waals surface area contributed by atoms with Crippen LogP contribution in [0, 0.1) is 0 Å². The topological polar surface area (TPSA) is 105 Å². The molecule has 3 aromatic carbocycles. The van der Waals surface area contributed by atoms with Crippen molar-refractivity contribution in [2.45, 2.75) is 0 Å². The van der Waals surface area contributed by atoms with Gasteiger partial charge >= 0.3 is 0 Å². The molecule has 0 saturated carbocycles. The number of pyridine rings is 1. The van der Waals surface area contributed by atoms with E-state index in [-0.39, 0.29) is 5.69 Å². The van der Waals surface area contributed by atoms with Gasteiger partial charge in [-0.05, 0) is 60.7 Å². The molecule has 2 heterocycles. The molecule has 0 saturated heterocycles. The lowest BCUT2D eigenvalue weighted by Crippen LogP contribution is -2.29. The first-order chi connectivity index (χ1) is 18.5. The van der Waals surface area contributed by atoms with Crippen LogP contribution in [0.3, 0.4) is 0 Å². The molecule has 10 heteroatoms. The molecule has 0 aliphatic heterocycles. The van der Waals surface area contributed by atoms with Gasteiger partial charge < -0.3 is 19.5 Å². The summed E-state index contributed by atoms with van der Waals surface area (Å²) in [5.41, 5.74) is 0.927. The third kappa shape index (κ3) is 5.00. The van der Waals surface area contributed by atoms with Crippen LogP contribution in [-0.4, -0.2) is 34.7 Å². The summed E-state index contributed by atoms with van der Waals surface area (Å²) in [6, 6.07) is 18.8. The summed E-state index contributed by atoms with van der Waals surface area (Å²) in [7, 11) is 3.12. The molecular formula is C28H21ClN4O5. The Kier molecular flexibility index (Phi) is 6.92. The standard InChI is InChI=1S/C28H21ClN4O5/c1-36-24-15-21-22(16-25(24)37-2)30-12-11-23(21)38-20-9-5-18(6-10-20)32-27(34)26-28(35)33(14-13-31-26)19-7-3-17(29)4-8-19/h3-16H,1-2H3,(H,32,34). The molecule has 0 unspecified atom stereocenters. The lowest BCUT2D eigenvalue weighted by atomic mass is 10.2. The fourth-order valence-corrected chi connectivity index (χ4v) is 3.96. The molecular weight excluding hydrogens is 508 g/mol. The van der Waals surface area contributed by atoms with E-state index in [0.29, 0.717) is 44.9 Å². The van der Waals surface area contributed by atoms with Crippen molar-refractivity contribution in [3.63, 3.8) is 0 Å². The van der Waals surface area contributed by atoms with Crippen LogP contribution >= 0.6 is 11.6 Å². The number of carbonyl (C=O) groups excluding carboxylic acids is 1. The maximum Gasteiger partial charge on any atom is 0.286 e. The van der Waals surface area contributed by atoms with Gasteiger partial charge in [-0.15, -0.1) is 0 Å². The Hall–Kier alpha value is -4.89. The number of methoxy groups -OCH3 is 2. The van der Waals surface area contributed by atoms with E-state index in [2.05, 4.69) is 15.3 Å². The molecule has 2 aromatic heterocycles. The highest BCUT2D eigenvalue weighted by molar-refractivity contribution is 6.30. The van der Waals surface area contributed by atoms with Crippen LogP contribution in [-0.2, 0) is 0 Å². The lowest BCUT2D eigenvalue weighted by Gasteiger charge is -2.13. The van der Waals surface area contributed by atoms with Gasteiger partial charge in [-0.3, -0.25) is 19.1 Å². The first-order valence-electron chi connectivity index (χ1n) is 11.4. The summed E-state index contributed by atoms with van der Waals surface area (Å²) in [6.07, 6.45) is 4.52. The van der Waals surface area contributed by atoms with E-state index in [4.69, 9.17) is 25.8 Å². The van der Waals surface area contributed by atoms with Crippen molar-refractivity contribution in [3.8, 4) is 28.7 Å². The van der Waals surface area contributed by atoms with E-state index in [1.165, 1.54) is 17.0 Å². The minimum absolute atomic E-state index is 0.240. The zero-order valence-electron chi connectivity index (χ0n) is 20.3. The Bertz CT molecular complexity index is 1690. The third-order valence-corrected chi connectivity index (χ3v) is 5.96. The SMILES string of the molecule is COc1cc2nccc(Oc3ccc(NC(=O)c4nccn(-c5ccc(Cl)cc5)c4=O)cc3)c2cc1OC. The molecule has 0 aliphatic carbocycles. The molecule has 0 aliphatic rings. The number of rotatable bonds is 7. The quantitative estimate of drug-likeness (QED) is 0.297. The van der Waals surface area contributed by atoms with Gasteiger partial charge in [-0.2, -0.15) is 0 Å². The van der Waals surface area contributed by atoms with E-state index < -0.39 is 11.5 Å². The van der Waals surface area contributed by atoms with Crippen molar-refractivity contribution in [2.75, 3.05) is 19.5 Å². The highest BCUT2D eigenvalue weighted by atomic mass is 35.5. The molecule has 0 bridgehead atoms. The van der Waals surface area contributed by atoms with Gasteiger partial charge in [-0.25, -0.2) is 4.98 Å². The summed E-state index contributed by atoms with van der Waals surface area (Å²) in [6.45, 7) is 0. The normalized spacial score (nSPS) is 10.7. The number of nitrogens with zero attached hydrogens (tertiary/aromatic N) is 3. The molecule has 190 valence electrons. The lowest BCUT2D eigenvalue weighted by molar-refractivity contribution is 0.102. The van der Waals surface area contributed by atoms with Crippen molar-refractivity contribution >= 4 is 34.1 Å². The van der Waals surface area contributed by atoms with E-state index in [1.807, 2.05) is 0 Å². The minimum Gasteiger partial charge on any atom is -0.493 e. The van der Waals surface area contributed by atoms with Crippen LogP contribution < -0.4 is 25.1 Å². The maximum absolute atomic E-state index is 12.9. The first kappa shape index (κ1) is 24.8. The molecule has 0 fully saturated rings. The molecule has 1 amide bonds. The maximum atomic E-state index is 12.9. The van der Waals surface area contributed by atoms with Crippen LogP contribution in [0.4, 0.5) is 5.69 Å². The fraction of sp³-hybridized carbons (Fsp3) is 0.0714. The average Bonchev–Trinajstić information content (AvgIpc) is 2.94. The van der Waals surface area contributed by atoms with Gasteiger partial charge in [0.1, 0.15) is 11.5 Å². The van der Waals surface area contributed by atoms with Crippen LogP contribution in [0.15, 0.2) is 90.1 Å². The zero-order valence-corrected chi connectivity index (χ0v) is 21.1. The summed E-state index contributed by atoms with van der Waals surface area (Å²) in [4.78, 5) is 34.1. The number of halogens is 1. The molecule has 9 nitrogen and oxygen atoms in total. The predicted octanol–water partition coefficient (Wildman–Crippen LogP) is 5.50. The van der Waals surface area contributed by atoms with Crippen LogP contribution in [0.1, 0.15) is 10.5 Å². The second-order valence-corrected chi connectivity index (χ2v) is 8.48. The molecule has 0 atom stereocenters. The molecule has 0 radical (unpaired) electrons. The van der Waals surface area contributed by atoms with Crippen LogP contribution in [0.5, 0.6) is 23.0 Å². The number of hydrogen-bond donors (Lipinski definition) is 1. The van der Waals surface area contributed by atoms with Crippen LogP contribution in [0.25, 0.3) is 16.6 Å². The largest absolute Gasteiger partial charge is 0.493 e. The van der Waals surface area contributed by atoms with Crippen molar-refractivity contribution in [3.05, 3.63) is 106 Å². The molecule has 5 aromatic rings. The summed E-state index contributed by atoms with van der Waals surface area (Å²) < 4.78 is 18.2. The highest BCUT2D eigenvalue weighted by Crippen LogP contribution is 2.37. The fourth-order valence-electron chi connectivity index (χ4n) is 3.83. The number of fused-ring (bicyclic) bond motifs is 1. The average molecular weight is 529 g/mol. The Balaban J connectivity index is 1.34. The van der Waals surface area contributed by atoms with Gasteiger partial charge in [0.25, 0.3) is 11.5 Å². The van der Waals surface area contributed by atoms with Gasteiger partial charge in [0.2, 0.25) is 0 Å². The van der Waals surface area contributed by atoms with Gasteiger partial charge in [0.15, 0.2) is 17.2 Å². The van der Waals surface area contributed by atoms with E-state index >= 15 is 0 Å². The van der Waals surface area contributed by atoms with Crippen molar-refractivity contribution in [1.82, 2.24) is 14.5 Å². The zero-order chi connectivity index (χ0) is 26.6. The minimum atomic E-state index is -0.631. The van der Waals surface area contributed by atoms with Crippen molar-refractivity contribution < 1.29 is 19.0 Å². The third-order valence-electron chi connectivity index (χ3n) is 5.71. The molecule has 0 spiro atoms. The van der Waals surface area contributed by atoms with E-state index in [0.717, 1.165) is 5.39 Å². The number of nitrogens with one attached hydrogen (secondary N) is 1. The van der Waals surface area contributed by atoms with E-state index in [1.54, 1.807) is 87.1 Å². The van der Waals surface area contributed by atoms with Crippen LogP contribution in [0.2, 0.25) is 5.02 Å². The summed E-state index contributed by atoms with van der Waals surface area (Å²) in [5.74, 6) is 1.60. The molecule has 5 rings (SSSR count). The number of anilines is 1. The second kappa shape index (κ2) is 10.6. The van der Waals surface area contributed by atoms with Crippen molar-refractivity contribution in [1.29, 1.82) is 0 Å². The number of hydrogen-bond acceptors (Lipinski definition) is 7. The smallest absolute Gasteiger partial charge is 0.286 e. The number of amides is 1. The Morgan fingerprint density at radius 2 is 1.58 bits per heavy atom. The number of carbonyl (C=O) groups is 1. The molecule has 38 heavy (non-hydrogen) atoms. The Morgan fingerprint density at radius 3 is 2.29 bits per heavy atom. The van der Waals surface area contributed by atoms with E-state index in [9.17, 15) is 9.59 Å². The van der Waals surface area contributed by atoms with Gasteiger partial charge in [-0.1, -0.05) is 11.6 Å². The number of benzene rings is 3. The number of ether oxygens (including phenoxy) is 3. The second-order valence-electron chi connectivity index (χ2n) is 8.04. The summed E-state index contributed by atoms with van der Waals surface area (Å²) in [5, 5.41) is 3.99. The summed E-state index contributed by atoms with van der Waals surface area (Å²) >= 11 is 5.93. The number of aromatic nitrogens is 3. The van der Waals surface area contributed by atoms with Crippen molar-refractivity contribution in [2.24, 2.45) is 0 Å². The van der Waals surface area contributed by atoms with Gasteiger partial charge in [0, 0.05) is 46.4 Å². The van der Waals surface area contributed by atoms with Gasteiger partial charge in [0.05, 0.1) is 19.7 Å².